The Bertz CT molecular complexity index is 1350. The van der Waals surface area contributed by atoms with Gasteiger partial charge in [0.2, 0.25) is 0 Å². The van der Waals surface area contributed by atoms with Crippen molar-refractivity contribution in [2.45, 2.75) is 6.54 Å². The van der Waals surface area contributed by atoms with Crippen LogP contribution in [0.5, 0.6) is 11.5 Å². The van der Waals surface area contributed by atoms with Gasteiger partial charge in [-0.3, -0.25) is 14.9 Å². The number of hydrogen-bond donors (Lipinski definition) is 1. The highest BCUT2D eigenvalue weighted by Crippen LogP contribution is 2.23. The van der Waals surface area contributed by atoms with Crippen molar-refractivity contribution in [3.05, 3.63) is 99.7 Å². The summed E-state index contributed by atoms with van der Waals surface area (Å²) in [6, 6.07) is 19.2. The van der Waals surface area contributed by atoms with Gasteiger partial charge in [0.25, 0.3) is 11.6 Å². The van der Waals surface area contributed by atoms with Gasteiger partial charge in [0.15, 0.2) is 0 Å². The molecule has 0 fully saturated rings. The van der Waals surface area contributed by atoms with Crippen LogP contribution in [-0.4, -0.2) is 35.8 Å². The van der Waals surface area contributed by atoms with Crippen molar-refractivity contribution in [2.24, 2.45) is 5.10 Å². The molecule has 1 heterocycles. The molecule has 1 aromatic heterocycles. The van der Waals surface area contributed by atoms with Gasteiger partial charge >= 0.3 is 0 Å². The number of aromatic nitrogens is 1. The molecular weight excluding hydrogens is 436 g/mol. The van der Waals surface area contributed by atoms with Gasteiger partial charge in [-0.15, -0.1) is 0 Å². The first kappa shape index (κ1) is 22.5. The summed E-state index contributed by atoms with van der Waals surface area (Å²) in [7, 11) is 3.03. The van der Waals surface area contributed by atoms with Gasteiger partial charge in [0.05, 0.1) is 25.4 Å². The summed E-state index contributed by atoms with van der Waals surface area (Å²) < 4.78 is 12.4. The molecule has 0 aliphatic carbocycles. The monoisotopic (exact) mass is 458 g/mol. The van der Waals surface area contributed by atoms with Gasteiger partial charge in [-0.1, -0.05) is 30.3 Å². The number of amides is 1. The number of carbonyl (C=O) groups is 1. The second-order valence-corrected chi connectivity index (χ2v) is 7.45. The number of nitro groups is 1. The lowest BCUT2D eigenvalue weighted by Gasteiger charge is -2.07. The van der Waals surface area contributed by atoms with E-state index in [2.05, 4.69) is 10.5 Å². The molecule has 1 amide bonds. The molecule has 4 aromatic rings. The van der Waals surface area contributed by atoms with E-state index in [1.54, 1.807) is 36.5 Å². The summed E-state index contributed by atoms with van der Waals surface area (Å²) in [4.78, 5) is 23.0. The predicted molar refractivity (Wildman–Crippen MR) is 129 cm³/mol. The first-order chi connectivity index (χ1) is 16.5. The molecule has 0 aliphatic heterocycles. The third kappa shape index (κ3) is 4.88. The van der Waals surface area contributed by atoms with Crippen LogP contribution in [0, 0.1) is 10.1 Å². The number of non-ortho nitro benzene ring substituents is 1. The average molecular weight is 458 g/mol. The Morgan fingerprint density at radius 2 is 1.74 bits per heavy atom. The van der Waals surface area contributed by atoms with E-state index in [1.165, 1.54) is 26.4 Å². The van der Waals surface area contributed by atoms with Crippen molar-refractivity contribution in [3.63, 3.8) is 0 Å². The Morgan fingerprint density at radius 3 is 2.38 bits per heavy atom. The number of nitrogens with zero attached hydrogens (tertiary/aromatic N) is 3. The highest BCUT2D eigenvalue weighted by Gasteiger charge is 2.11. The molecule has 0 saturated heterocycles. The predicted octanol–water partition coefficient (Wildman–Crippen LogP) is 4.38. The SMILES string of the molecule is COc1cc(OC)cc(C(=O)N/N=C\c2cn(Cc3ccc([N+](=O)[O-])cc3)c3ccccc23)c1. The zero-order chi connectivity index (χ0) is 24.1. The van der Waals surface area contributed by atoms with E-state index in [1.807, 2.05) is 35.0 Å². The normalized spacial score (nSPS) is 11.0. The Labute approximate surface area is 195 Å². The number of fused-ring (bicyclic) bond motifs is 1. The maximum Gasteiger partial charge on any atom is 0.271 e. The van der Waals surface area contributed by atoms with Crippen LogP contribution in [0.4, 0.5) is 5.69 Å². The van der Waals surface area contributed by atoms with Crippen LogP contribution in [0.25, 0.3) is 10.9 Å². The first-order valence-corrected chi connectivity index (χ1v) is 10.4. The topological polar surface area (TPSA) is 108 Å². The lowest BCUT2D eigenvalue weighted by Crippen LogP contribution is -2.17. The van der Waals surface area contributed by atoms with Gasteiger partial charge in [-0.2, -0.15) is 5.10 Å². The quantitative estimate of drug-likeness (QED) is 0.240. The van der Waals surface area contributed by atoms with Crippen molar-refractivity contribution in [2.75, 3.05) is 14.2 Å². The van der Waals surface area contributed by atoms with Gasteiger partial charge < -0.3 is 14.0 Å². The highest BCUT2D eigenvalue weighted by molar-refractivity contribution is 6.00. The van der Waals surface area contributed by atoms with Crippen molar-refractivity contribution < 1.29 is 19.2 Å². The lowest BCUT2D eigenvalue weighted by molar-refractivity contribution is -0.384. The van der Waals surface area contributed by atoms with Crippen molar-refractivity contribution in [1.82, 2.24) is 9.99 Å². The fourth-order valence-electron chi connectivity index (χ4n) is 3.59. The summed E-state index contributed by atoms with van der Waals surface area (Å²) in [5.41, 5.74) is 5.67. The number of hydrogen-bond acceptors (Lipinski definition) is 6. The fraction of sp³-hybridized carbons (Fsp3) is 0.120. The number of nitrogens with one attached hydrogen (secondary N) is 1. The molecule has 0 unspecified atom stereocenters. The molecule has 9 heteroatoms. The van der Waals surface area contributed by atoms with Crippen LogP contribution in [-0.2, 0) is 6.54 Å². The van der Waals surface area contributed by atoms with Crippen LogP contribution in [0.15, 0.2) is 78.0 Å². The van der Waals surface area contributed by atoms with Crippen molar-refractivity contribution >= 4 is 28.7 Å². The molecule has 4 rings (SSSR count). The standard InChI is InChI=1S/C25H22N4O5/c1-33-21-11-18(12-22(13-21)34-2)25(30)27-26-14-19-16-28(24-6-4-3-5-23(19)24)15-17-7-9-20(10-8-17)29(31)32/h3-14,16H,15H2,1-2H3,(H,27,30)/b26-14-. The molecule has 172 valence electrons. The van der Waals surface area contributed by atoms with E-state index >= 15 is 0 Å². The second kappa shape index (κ2) is 9.86. The number of rotatable bonds is 8. The number of para-hydroxylation sites is 1. The molecule has 0 atom stereocenters. The van der Waals surface area contributed by atoms with Gasteiger partial charge in [0, 0.05) is 53.0 Å². The summed E-state index contributed by atoms with van der Waals surface area (Å²) >= 11 is 0. The number of methoxy groups -OCH3 is 2. The summed E-state index contributed by atoms with van der Waals surface area (Å²) in [6.45, 7) is 0.530. The Morgan fingerprint density at radius 1 is 1.06 bits per heavy atom. The van der Waals surface area contributed by atoms with Crippen molar-refractivity contribution in [3.8, 4) is 11.5 Å². The smallest absolute Gasteiger partial charge is 0.271 e. The lowest BCUT2D eigenvalue weighted by atomic mass is 10.2. The number of carbonyl (C=O) groups excluding carboxylic acids is 1. The van der Waals surface area contributed by atoms with E-state index in [9.17, 15) is 14.9 Å². The molecule has 34 heavy (non-hydrogen) atoms. The summed E-state index contributed by atoms with van der Waals surface area (Å²) in [5, 5.41) is 16.0. The molecule has 1 N–H and O–H groups in total. The average Bonchev–Trinajstić information content (AvgIpc) is 3.21. The van der Waals surface area contributed by atoms with E-state index in [0.29, 0.717) is 23.6 Å². The zero-order valence-electron chi connectivity index (χ0n) is 18.6. The largest absolute Gasteiger partial charge is 0.497 e. The second-order valence-electron chi connectivity index (χ2n) is 7.45. The van der Waals surface area contributed by atoms with Crippen LogP contribution in [0.2, 0.25) is 0 Å². The molecule has 0 spiro atoms. The van der Waals surface area contributed by atoms with Crippen LogP contribution < -0.4 is 14.9 Å². The van der Waals surface area contributed by atoms with Crippen molar-refractivity contribution in [1.29, 1.82) is 0 Å². The Hall–Kier alpha value is -4.66. The fourth-order valence-corrected chi connectivity index (χ4v) is 3.59. The van der Waals surface area contributed by atoms with Crippen LogP contribution in [0.1, 0.15) is 21.5 Å². The Kier molecular flexibility index (Phi) is 6.54. The summed E-state index contributed by atoms with van der Waals surface area (Å²) in [5.74, 6) is 0.605. The molecule has 3 aromatic carbocycles. The third-order valence-electron chi connectivity index (χ3n) is 5.30. The Balaban J connectivity index is 1.54. The molecule has 0 bridgehead atoms. The number of benzene rings is 3. The molecular formula is C25H22N4O5. The molecule has 0 radical (unpaired) electrons. The molecule has 0 aliphatic rings. The maximum absolute atomic E-state index is 12.6. The summed E-state index contributed by atoms with van der Waals surface area (Å²) in [6.07, 6.45) is 3.51. The minimum atomic E-state index is -0.417. The van der Waals surface area contributed by atoms with E-state index in [4.69, 9.17) is 9.47 Å². The van der Waals surface area contributed by atoms with E-state index < -0.39 is 10.8 Å². The minimum Gasteiger partial charge on any atom is -0.497 e. The van der Waals surface area contributed by atoms with Crippen LogP contribution >= 0.6 is 0 Å². The van der Waals surface area contributed by atoms with E-state index in [0.717, 1.165) is 22.0 Å². The minimum absolute atomic E-state index is 0.0540. The van der Waals surface area contributed by atoms with Gasteiger partial charge in [0.1, 0.15) is 11.5 Å². The zero-order valence-corrected chi connectivity index (χ0v) is 18.6. The molecule has 9 nitrogen and oxygen atoms in total. The highest BCUT2D eigenvalue weighted by atomic mass is 16.6. The third-order valence-corrected chi connectivity index (χ3v) is 5.30. The first-order valence-electron chi connectivity index (χ1n) is 10.4. The van der Waals surface area contributed by atoms with E-state index in [-0.39, 0.29) is 5.69 Å². The molecule has 0 saturated carbocycles. The number of ether oxygens (including phenoxy) is 2. The maximum atomic E-state index is 12.6. The number of nitro benzene ring substituents is 1. The van der Waals surface area contributed by atoms with Crippen LogP contribution in [0.3, 0.4) is 0 Å². The number of hydrazone groups is 1. The van der Waals surface area contributed by atoms with Gasteiger partial charge in [-0.25, -0.2) is 5.43 Å². The van der Waals surface area contributed by atoms with Gasteiger partial charge in [-0.05, 0) is 23.8 Å².